The predicted octanol–water partition coefficient (Wildman–Crippen LogP) is 3.55. The largest absolute Gasteiger partial charge is 0.467 e. The number of rotatable bonds is 3. The summed E-state index contributed by atoms with van der Waals surface area (Å²) in [4.78, 5) is 0. The van der Waals surface area contributed by atoms with Crippen LogP contribution in [0.25, 0.3) is 0 Å². The van der Waals surface area contributed by atoms with Gasteiger partial charge in [-0.1, -0.05) is 17.7 Å². The minimum atomic E-state index is 0.0485. The summed E-state index contributed by atoms with van der Waals surface area (Å²) in [6.07, 6.45) is 1.68. The first-order valence-corrected chi connectivity index (χ1v) is 5.56. The molecule has 16 heavy (non-hydrogen) atoms. The van der Waals surface area contributed by atoms with Crippen LogP contribution < -0.4 is 5.32 Å². The molecule has 1 atom stereocenters. The lowest BCUT2D eigenvalue weighted by Crippen LogP contribution is -2.17. The Kier molecular flexibility index (Phi) is 3.32. The lowest BCUT2D eigenvalue weighted by atomic mass is 10.0. The molecule has 0 aliphatic heterocycles. The molecule has 1 heterocycles. The summed E-state index contributed by atoms with van der Waals surface area (Å²) < 4.78 is 5.42. The molecule has 0 fully saturated rings. The van der Waals surface area contributed by atoms with E-state index in [9.17, 15) is 0 Å². The molecule has 0 aliphatic carbocycles. The lowest BCUT2D eigenvalue weighted by molar-refractivity contribution is 0.463. The Bertz CT molecular complexity index is 445. The standard InChI is InChI=1S/C13H14ClNO/c1-9-6-10(8-11(14)7-9)13(15-2)12-4-3-5-16-12/h3-8,13,15H,1-2H3. The summed E-state index contributed by atoms with van der Waals surface area (Å²) in [7, 11) is 1.91. The van der Waals surface area contributed by atoms with Gasteiger partial charge in [0.1, 0.15) is 5.76 Å². The number of furan rings is 1. The van der Waals surface area contributed by atoms with Gasteiger partial charge in [0.25, 0.3) is 0 Å². The highest BCUT2D eigenvalue weighted by Gasteiger charge is 2.15. The van der Waals surface area contributed by atoms with Crippen molar-refractivity contribution in [2.24, 2.45) is 0 Å². The fraction of sp³-hybridized carbons (Fsp3) is 0.231. The number of hydrogen-bond acceptors (Lipinski definition) is 2. The molecule has 1 aromatic carbocycles. The van der Waals surface area contributed by atoms with Crippen molar-refractivity contribution in [1.29, 1.82) is 0 Å². The Balaban J connectivity index is 2.41. The van der Waals surface area contributed by atoms with Gasteiger partial charge in [-0.25, -0.2) is 0 Å². The summed E-state index contributed by atoms with van der Waals surface area (Å²) in [5.74, 6) is 0.893. The molecule has 0 saturated heterocycles. The van der Waals surface area contributed by atoms with E-state index in [4.69, 9.17) is 16.0 Å². The molecule has 0 aliphatic rings. The second kappa shape index (κ2) is 4.73. The number of halogens is 1. The van der Waals surface area contributed by atoms with Crippen LogP contribution in [-0.4, -0.2) is 7.05 Å². The van der Waals surface area contributed by atoms with Crippen molar-refractivity contribution in [3.05, 3.63) is 58.5 Å². The van der Waals surface area contributed by atoms with Crippen LogP contribution in [0.3, 0.4) is 0 Å². The van der Waals surface area contributed by atoms with E-state index in [2.05, 4.69) is 11.4 Å². The Morgan fingerprint density at radius 2 is 2.12 bits per heavy atom. The minimum absolute atomic E-state index is 0.0485. The van der Waals surface area contributed by atoms with Crippen LogP contribution in [0.2, 0.25) is 5.02 Å². The van der Waals surface area contributed by atoms with Gasteiger partial charge in [-0.3, -0.25) is 0 Å². The van der Waals surface area contributed by atoms with Crippen molar-refractivity contribution in [2.45, 2.75) is 13.0 Å². The molecule has 0 bridgehead atoms. The van der Waals surface area contributed by atoms with Crippen molar-refractivity contribution >= 4 is 11.6 Å². The van der Waals surface area contributed by atoms with Crippen molar-refractivity contribution in [3.8, 4) is 0 Å². The van der Waals surface area contributed by atoms with Crippen molar-refractivity contribution in [1.82, 2.24) is 5.32 Å². The van der Waals surface area contributed by atoms with Crippen molar-refractivity contribution < 1.29 is 4.42 Å². The van der Waals surface area contributed by atoms with Crippen molar-refractivity contribution in [2.75, 3.05) is 7.05 Å². The normalized spacial score (nSPS) is 12.7. The number of nitrogens with one attached hydrogen (secondary N) is 1. The van der Waals surface area contributed by atoms with E-state index in [1.807, 2.05) is 38.2 Å². The average molecular weight is 236 g/mol. The monoisotopic (exact) mass is 235 g/mol. The molecule has 2 nitrogen and oxygen atoms in total. The molecule has 3 heteroatoms. The van der Waals surface area contributed by atoms with Crippen LogP contribution in [0.15, 0.2) is 41.0 Å². The molecule has 0 amide bonds. The number of hydrogen-bond donors (Lipinski definition) is 1. The lowest BCUT2D eigenvalue weighted by Gasteiger charge is -2.15. The molecule has 2 rings (SSSR count). The van der Waals surface area contributed by atoms with Crippen LogP contribution in [0.4, 0.5) is 0 Å². The van der Waals surface area contributed by atoms with Gasteiger partial charge in [0.2, 0.25) is 0 Å². The first-order chi connectivity index (χ1) is 7.70. The Morgan fingerprint density at radius 1 is 1.31 bits per heavy atom. The molecule has 1 unspecified atom stereocenters. The zero-order valence-electron chi connectivity index (χ0n) is 9.33. The highest BCUT2D eigenvalue weighted by atomic mass is 35.5. The molecule has 1 N–H and O–H groups in total. The van der Waals surface area contributed by atoms with E-state index in [-0.39, 0.29) is 6.04 Å². The third-order valence-electron chi connectivity index (χ3n) is 2.51. The average Bonchev–Trinajstić information content (AvgIpc) is 2.70. The molecule has 0 radical (unpaired) electrons. The van der Waals surface area contributed by atoms with Gasteiger partial charge in [0.05, 0.1) is 12.3 Å². The maximum atomic E-state index is 6.05. The fourth-order valence-electron chi connectivity index (χ4n) is 1.86. The number of aryl methyl sites for hydroxylation is 1. The van der Waals surface area contributed by atoms with Gasteiger partial charge in [-0.15, -0.1) is 0 Å². The Morgan fingerprint density at radius 3 is 2.69 bits per heavy atom. The minimum Gasteiger partial charge on any atom is -0.467 e. The number of benzene rings is 1. The van der Waals surface area contributed by atoms with Crippen LogP contribution in [0.5, 0.6) is 0 Å². The molecular formula is C13H14ClNO. The van der Waals surface area contributed by atoms with Gasteiger partial charge in [0, 0.05) is 5.02 Å². The second-order valence-corrected chi connectivity index (χ2v) is 4.24. The smallest absolute Gasteiger partial charge is 0.125 e. The first kappa shape index (κ1) is 11.2. The van der Waals surface area contributed by atoms with E-state index < -0.39 is 0 Å². The molecular weight excluding hydrogens is 222 g/mol. The van der Waals surface area contributed by atoms with Crippen LogP contribution >= 0.6 is 11.6 Å². The van der Waals surface area contributed by atoms with Crippen molar-refractivity contribution in [3.63, 3.8) is 0 Å². The molecule has 0 saturated carbocycles. The van der Waals surface area contributed by atoms with E-state index in [1.54, 1.807) is 6.26 Å². The van der Waals surface area contributed by atoms with Gasteiger partial charge in [-0.05, 0) is 49.4 Å². The van der Waals surface area contributed by atoms with Crippen LogP contribution in [0.1, 0.15) is 22.9 Å². The summed E-state index contributed by atoms with van der Waals surface area (Å²) in [6.45, 7) is 2.03. The zero-order valence-corrected chi connectivity index (χ0v) is 10.1. The SMILES string of the molecule is CNC(c1cc(C)cc(Cl)c1)c1ccco1. The maximum Gasteiger partial charge on any atom is 0.125 e. The second-order valence-electron chi connectivity index (χ2n) is 3.80. The topological polar surface area (TPSA) is 25.2 Å². The van der Waals surface area contributed by atoms with Gasteiger partial charge < -0.3 is 9.73 Å². The van der Waals surface area contributed by atoms with E-state index >= 15 is 0 Å². The zero-order chi connectivity index (χ0) is 11.5. The van der Waals surface area contributed by atoms with Gasteiger partial charge in [0.15, 0.2) is 0 Å². The predicted molar refractivity (Wildman–Crippen MR) is 65.8 cm³/mol. The molecule has 0 spiro atoms. The fourth-order valence-corrected chi connectivity index (χ4v) is 2.16. The highest BCUT2D eigenvalue weighted by Crippen LogP contribution is 2.25. The van der Waals surface area contributed by atoms with E-state index in [0.717, 1.165) is 21.9 Å². The summed E-state index contributed by atoms with van der Waals surface area (Å²) >= 11 is 6.05. The third kappa shape index (κ3) is 2.29. The molecule has 1 aromatic heterocycles. The van der Waals surface area contributed by atoms with Gasteiger partial charge in [-0.2, -0.15) is 0 Å². The molecule has 84 valence electrons. The highest BCUT2D eigenvalue weighted by molar-refractivity contribution is 6.30. The quantitative estimate of drug-likeness (QED) is 0.880. The Hall–Kier alpha value is -1.25. The summed E-state index contributed by atoms with van der Waals surface area (Å²) in [5.41, 5.74) is 2.26. The maximum absolute atomic E-state index is 6.05. The van der Waals surface area contributed by atoms with E-state index in [1.165, 1.54) is 0 Å². The Labute approximate surface area is 100 Å². The summed E-state index contributed by atoms with van der Waals surface area (Å²) in [5, 5.41) is 3.97. The van der Waals surface area contributed by atoms with Crippen LogP contribution in [-0.2, 0) is 0 Å². The van der Waals surface area contributed by atoms with E-state index in [0.29, 0.717) is 0 Å². The van der Waals surface area contributed by atoms with Crippen LogP contribution in [0, 0.1) is 6.92 Å². The first-order valence-electron chi connectivity index (χ1n) is 5.18. The van der Waals surface area contributed by atoms with Gasteiger partial charge >= 0.3 is 0 Å². The third-order valence-corrected chi connectivity index (χ3v) is 2.73. The summed E-state index contributed by atoms with van der Waals surface area (Å²) in [6, 6.07) is 9.90. The molecule has 2 aromatic rings.